The molecule has 1 aromatic carbocycles. The highest BCUT2D eigenvalue weighted by Crippen LogP contribution is 2.26. The van der Waals surface area contributed by atoms with Gasteiger partial charge < -0.3 is 5.32 Å². The van der Waals surface area contributed by atoms with Crippen molar-refractivity contribution in [2.45, 2.75) is 24.3 Å². The molecule has 0 aliphatic heterocycles. The number of amides is 1. The van der Waals surface area contributed by atoms with Crippen LogP contribution in [0.15, 0.2) is 29.4 Å². The quantitative estimate of drug-likeness (QED) is 0.450. The third kappa shape index (κ3) is 2.98. The number of benzene rings is 1. The minimum atomic E-state index is -0.343. The van der Waals surface area contributed by atoms with Crippen LogP contribution in [-0.2, 0) is 4.79 Å². The molecule has 2 aromatic heterocycles. The SMILES string of the molecule is C#CCNC(=O)C(C)Sc1nc2ccccc2c2nc(C)nn12. The molecule has 116 valence electrons. The van der Waals surface area contributed by atoms with E-state index in [9.17, 15) is 4.79 Å². The minimum Gasteiger partial charge on any atom is -0.344 e. The van der Waals surface area contributed by atoms with E-state index < -0.39 is 0 Å². The first-order valence-corrected chi connectivity index (χ1v) is 7.98. The maximum absolute atomic E-state index is 12.0. The van der Waals surface area contributed by atoms with Crippen molar-refractivity contribution in [3.8, 4) is 12.3 Å². The van der Waals surface area contributed by atoms with E-state index in [-0.39, 0.29) is 17.7 Å². The topological polar surface area (TPSA) is 72.2 Å². The second-order valence-electron chi connectivity index (χ2n) is 4.99. The van der Waals surface area contributed by atoms with Crippen molar-refractivity contribution in [2.75, 3.05) is 6.54 Å². The normalized spacial score (nSPS) is 12.2. The van der Waals surface area contributed by atoms with Gasteiger partial charge in [0.15, 0.2) is 10.8 Å². The molecule has 1 atom stereocenters. The van der Waals surface area contributed by atoms with Crippen LogP contribution < -0.4 is 5.32 Å². The van der Waals surface area contributed by atoms with E-state index >= 15 is 0 Å². The number of carbonyl (C=O) groups excluding carboxylic acids is 1. The standard InChI is InChI=1S/C16H15N5OS/c1-4-9-17-15(22)10(2)23-16-19-13-8-6-5-7-12(13)14-18-11(3)20-21(14)16/h1,5-8,10H,9H2,2-3H3,(H,17,22). The van der Waals surface area contributed by atoms with Crippen molar-refractivity contribution in [3.63, 3.8) is 0 Å². The fraction of sp³-hybridized carbons (Fsp3) is 0.250. The maximum atomic E-state index is 12.0. The molecule has 0 spiro atoms. The summed E-state index contributed by atoms with van der Waals surface area (Å²) in [5.74, 6) is 2.92. The van der Waals surface area contributed by atoms with Crippen LogP contribution in [0.1, 0.15) is 12.7 Å². The van der Waals surface area contributed by atoms with E-state index in [0.29, 0.717) is 11.0 Å². The van der Waals surface area contributed by atoms with Crippen molar-refractivity contribution >= 4 is 34.2 Å². The summed E-state index contributed by atoms with van der Waals surface area (Å²) in [4.78, 5) is 21.1. The summed E-state index contributed by atoms with van der Waals surface area (Å²) in [5, 5.41) is 8.29. The first-order chi connectivity index (χ1) is 11.1. The average Bonchev–Trinajstić information content (AvgIpc) is 2.94. The number of carbonyl (C=O) groups is 1. The van der Waals surface area contributed by atoms with Crippen molar-refractivity contribution in [1.29, 1.82) is 0 Å². The van der Waals surface area contributed by atoms with Gasteiger partial charge in [-0.25, -0.2) is 9.97 Å². The lowest BCUT2D eigenvalue weighted by molar-refractivity contribution is -0.120. The number of aromatic nitrogens is 4. The van der Waals surface area contributed by atoms with Gasteiger partial charge in [-0.1, -0.05) is 29.8 Å². The Hall–Kier alpha value is -2.59. The van der Waals surface area contributed by atoms with Crippen LogP contribution in [0.25, 0.3) is 16.6 Å². The highest BCUT2D eigenvalue weighted by Gasteiger charge is 2.19. The van der Waals surface area contributed by atoms with Crippen LogP contribution in [0, 0.1) is 19.3 Å². The number of thioether (sulfide) groups is 1. The third-order valence-corrected chi connectivity index (χ3v) is 4.31. The van der Waals surface area contributed by atoms with Crippen LogP contribution in [0.3, 0.4) is 0 Å². The number of para-hydroxylation sites is 1. The number of hydrogen-bond donors (Lipinski definition) is 1. The molecule has 2 heterocycles. The Morgan fingerprint density at radius 1 is 1.43 bits per heavy atom. The second kappa shape index (κ2) is 6.26. The molecule has 0 fully saturated rings. The highest BCUT2D eigenvalue weighted by molar-refractivity contribution is 8.00. The lowest BCUT2D eigenvalue weighted by Gasteiger charge is -2.11. The fourth-order valence-electron chi connectivity index (χ4n) is 2.20. The van der Waals surface area contributed by atoms with Crippen LogP contribution in [0.2, 0.25) is 0 Å². The molecule has 7 heteroatoms. The van der Waals surface area contributed by atoms with Gasteiger partial charge >= 0.3 is 0 Å². The Labute approximate surface area is 137 Å². The molecule has 0 bridgehead atoms. The van der Waals surface area contributed by atoms with Crippen LogP contribution >= 0.6 is 11.8 Å². The zero-order valence-electron chi connectivity index (χ0n) is 12.8. The average molecular weight is 325 g/mol. The zero-order chi connectivity index (χ0) is 16.4. The third-order valence-electron chi connectivity index (χ3n) is 3.27. The Morgan fingerprint density at radius 3 is 3.00 bits per heavy atom. The summed E-state index contributed by atoms with van der Waals surface area (Å²) in [6.45, 7) is 3.86. The van der Waals surface area contributed by atoms with Gasteiger partial charge in [0.2, 0.25) is 5.91 Å². The minimum absolute atomic E-state index is 0.132. The second-order valence-corrected chi connectivity index (χ2v) is 6.30. The molecular formula is C16H15N5OS. The summed E-state index contributed by atoms with van der Waals surface area (Å²) >= 11 is 1.33. The number of terminal acetylenes is 1. The van der Waals surface area contributed by atoms with Crippen LogP contribution in [-0.4, -0.2) is 37.3 Å². The van der Waals surface area contributed by atoms with E-state index in [1.54, 1.807) is 4.52 Å². The van der Waals surface area contributed by atoms with E-state index in [4.69, 9.17) is 6.42 Å². The lowest BCUT2D eigenvalue weighted by Crippen LogP contribution is -2.31. The van der Waals surface area contributed by atoms with Crippen molar-refractivity contribution < 1.29 is 4.79 Å². The van der Waals surface area contributed by atoms with Crippen molar-refractivity contribution in [3.05, 3.63) is 30.1 Å². The summed E-state index contributed by atoms with van der Waals surface area (Å²) in [6, 6.07) is 7.75. The molecule has 1 amide bonds. The summed E-state index contributed by atoms with van der Waals surface area (Å²) in [5.41, 5.74) is 1.57. The molecule has 3 aromatic rings. The zero-order valence-corrected chi connectivity index (χ0v) is 13.6. The molecule has 1 N–H and O–H groups in total. The number of fused-ring (bicyclic) bond motifs is 3. The molecule has 6 nitrogen and oxygen atoms in total. The Morgan fingerprint density at radius 2 is 2.22 bits per heavy atom. The lowest BCUT2D eigenvalue weighted by atomic mass is 10.2. The number of rotatable bonds is 4. The number of hydrogen-bond acceptors (Lipinski definition) is 5. The number of nitrogens with one attached hydrogen (secondary N) is 1. The fourth-order valence-corrected chi connectivity index (χ4v) is 3.09. The Bertz CT molecular complexity index is 927. The predicted molar refractivity (Wildman–Crippen MR) is 90.2 cm³/mol. The van der Waals surface area contributed by atoms with Gasteiger partial charge in [0.05, 0.1) is 17.3 Å². The molecule has 23 heavy (non-hydrogen) atoms. The Kier molecular flexibility index (Phi) is 4.17. The number of aryl methyl sites for hydroxylation is 1. The molecule has 0 radical (unpaired) electrons. The van der Waals surface area contributed by atoms with Crippen molar-refractivity contribution in [1.82, 2.24) is 24.9 Å². The molecule has 1 unspecified atom stereocenters. The number of nitrogens with zero attached hydrogens (tertiary/aromatic N) is 4. The van der Waals surface area contributed by atoms with Crippen LogP contribution in [0.4, 0.5) is 0 Å². The van der Waals surface area contributed by atoms with E-state index in [1.165, 1.54) is 11.8 Å². The van der Waals surface area contributed by atoms with Gasteiger partial charge in [-0.2, -0.15) is 4.52 Å². The smallest absolute Gasteiger partial charge is 0.234 e. The van der Waals surface area contributed by atoms with E-state index in [1.807, 2.05) is 38.1 Å². The van der Waals surface area contributed by atoms with E-state index in [0.717, 1.165) is 16.6 Å². The summed E-state index contributed by atoms with van der Waals surface area (Å²) in [6.07, 6.45) is 5.16. The van der Waals surface area contributed by atoms with E-state index in [2.05, 4.69) is 26.3 Å². The molecule has 0 saturated heterocycles. The molecule has 3 rings (SSSR count). The predicted octanol–water partition coefficient (Wildman–Crippen LogP) is 1.82. The van der Waals surface area contributed by atoms with Gasteiger partial charge in [0.1, 0.15) is 5.82 Å². The van der Waals surface area contributed by atoms with Gasteiger partial charge in [-0.3, -0.25) is 4.79 Å². The molecular weight excluding hydrogens is 310 g/mol. The first kappa shape index (κ1) is 15.3. The van der Waals surface area contributed by atoms with Crippen molar-refractivity contribution in [2.24, 2.45) is 0 Å². The van der Waals surface area contributed by atoms with Gasteiger partial charge in [-0.15, -0.1) is 11.5 Å². The molecule has 0 aliphatic carbocycles. The van der Waals surface area contributed by atoms with Gasteiger partial charge in [0.25, 0.3) is 0 Å². The molecule has 0 aliphatic rings. The van der Waals surface area contributed by atoms with Gasteiger partial charge in [-0.05, 0) is 26.0 Å². The first-order valence-electron chi connectivity index (χ1n) is 7.10. The highest BCUT2D eigenvalue weighted by atomic mass is 32.2. The molecule has 0 saturated carbocycles. The summed E-state index contributed by atoms with van der Waals surface area (Å²) in [7, 11) is 0. The monoisotopic (exact) mass is 325 g/mol. The Balaban J connectivity index is 2.02. The maximum Gasteiger partial charge on any atom is 0.234 e. The van der Waals surface area contributed by atoms with Crippen LogP contribution in [0.5, 0.6) is 0 Å². The summed E-state index contributed by atoms with van der Waals surface area (Å²) < 4.78 is 1.69. The largest absolute Gasteiger partial charge is 0.344 e. The van der Waals surface area contributed by atoms with Gasteiger partial charge in [0, 0.05) is 5.39 Å².